The maximum atomic E-state index is 12.3. The van der Waals surface area contributed by atoms with E-state index in [9.17, 15) is 4.79 Å². The summed E-state index contributed by atoms with van der Waals surface area (Å²) in [7, 11) is 0. The first-order valence-corrected chi connectivity index (χ1v) is 7.13. The van der Waals surface area contributed by atoms with Gasteiger partial charge in [-0.05, 0) is 44.2 Å². The van der Waals surface area contributed by atoms with Gasteiger partial charge in [-0.2, -0.15) is 5.10 Å². The number of nitrogens with one attached hydrogen (secondary N) is 1. The van der Waals surface area contributed by atoms with E-state index in [1.54, 1.807) is 10.7 Å². The van der Waals surface area contributed by atoms with E-state index in [1.807, 2.05) is 68.4 Å². The standard InChI is InChI=1S/C18H17N3O/c1-13-8-10-15(11-9-13)19-18(22)17-12-14(2)21(20-17)16-6-4-3-5-7-16/h3-12H,1-2H3,(H,19,22). The molecule has 2 aromatic carbocycles. The molecule has 0 saturated heterocycles. The molecular weight excluding hydrogens is 274 g/mol. The van der Waals surface area contributed by atoms with Gasteiger partial charge in [0.05, 0.1) is 5.69 Å². The maximum absolute atomic E-state index is 12.3. The summed E-state index contributed by atoms with van der Waals surface area (Å²) in [5.74, 6) is -0.207. The topological polar surface area (TPSA) is 46.9 Å². The summed E-state index contributed by atoms with van der Waals surface area (Å²) in [4.78, 5) is 12.3. The van der Waals surface area contributed by atoms with Crippen molar-refractivity contribution in [1.29, 1.82) is 0 Å². The highest BCUT2D eigenvalue weighted by Crippen LogP contribution is 2.14. The van der Waals surface area contributed by atoms with E-state index in [0.717, 1.165) is 22.6 Å². The third-order valence-electron chi connectivity index (χ3n) is 3.43. The quantitative estimate of drug-likeness (QED) is 0.799. The van der Waals surface area contributed by atoms with Crippen molar-refractivity contribution in [3.63, 3.8) is 0 Å². The minimum Gasteiger partial charge on any atom is -0.321 e. The number of nitrogens with zero attached hydrogens (tertiary/aromatic N) is 2. The van der Waals surface area contributed by atoms with Crippen LogP contribution in [0.1, 0.15) is 21.7 Å². The van der Waals surface area contributed by atoms with Crippen LogP contribution in [-0.2, 0) is 0 Å². The molecule has 0 radical (unpaired) electrons. The lowest BCUT2D eigenvalue weighted by Gasteiger charge is -2.04. The minimum absolute atomic E-state index is 0.207. The van der Waals surface area contributed by atoms with Crippen molar-refractivity contribution in [2.75, 3.05) is 5.32 Å². The van der Waals surface area contributed by atoms with E-state index >= 15 is 0 Å². The SMILES string of the molecule is Cc1ccc(NC(=O)c2cc(C)n(-c3ccccc3)n2)cc1. The molecule has 0 aliphatic rings. The van der Waals surface area contributed by atoms with Crippen molar-refractivity contribution >= 4 is 11.6 Å². The van der Waals surface area contributed by atoms with Gasteiger partial charge in [0, 0.05) is 11.4 Å². The summed E-state index contributed by atoms with van der Waals surface area (Å²) in [6.07, 6.45) is 0. The molecule has 0 bridgehead atoms. The molecule has 1 amide bonds. The predicted molar refractivity (Wildman–Crippen MR) is 87.4 cm³/mol. The molecule has 1 N–H and O–H groups in total. The lowest BCUT2D eigenvalue weighted by Crippen LogP contribution is -2.13. The molecule has 0 aliphatic carbocycles. The molecule has 0 aliphatic heterocycles. The van der Waals surface area contributed by atoms with E-state index in [-0.39, 0.29) is 5.91 Å². The van der Waals surface area contributed by atoms with Crippen LogP contribution < -0.4 is 5.32 Å². The number of amides is 1. The second kappa shape index (κ2) is 5.85. The monoisotopic (exact) mass is 291 g/mol. The van der Waals surface area contributed by atoms with Crippen molar-refractivity contribution in [1.82, 2.24) is 9.78 Å². The van der Waals surface area contributed by atoms with Crippen molar-refractivity contribution in [3.05, 3.63) is 77.6 Å². The fourth-order valence-corrected chi connectivity index (χ4v) is 2.25. The van der Waals surface area contributed by atoms with Crippen molar-refractivity contribution in [3.8, 4) is 5.69 Å². The van der Waals surface area contributed by atoms with Gasteiger partial charge in [-0.25, -0.2) is 4.68 Å². The largest absolute Gasteiger partial charge is 0.321 e. The third-order valence-corrected chi connectivity index (χ3v) is 3.43. The first-order valence-electron chi connectivity index (χ1n) is 7.13. The fourth-order valence-electron chi connectivity index (χ4n) is 2.25. The molecule has 110 valence electrons. The minimum atomic E-state index is -0.207. The van der Waals surface area contributed by atoms with Gasteiger partial charge in [0.2, 0.25) is 0 Å². The molecule has 1 aromatic heterocycles. The first kappa shape index (κ1) is 14.1. The molecule has 1 heterocycles. The molecule has 3 rings (SSSR count). The molecule has 4 heteroatoms. The van der Waals surface area contributed by atoms with Crippen molar-refractivity contribution < 1.29 is 4.79 Å². The second-order valence-electron chi connectivity index (χ2n) is 5.24. The highest BCUT2D eigenvalue weighted by atomic mass is 16.1. The molecular formula is C18H17N3O. The van der Waals surface area contributed by atoms with Crippen LogP contribution in [0.4, 0.5) is 5.69 Å². The summed E-state index contributed by atoms with van der Waals surface area (Å²) in [5, 5.41) is 7.26. The number of aromatic nitrogens is 2. The summed E-state index contributed by atoms with van der Waals surface area (Å²) < 4.78 is 1.77. The van der Waals surface area contributed by atoms with Crippen LogP contribution in [0.3, 0.4) is 0 Å². The molecule has 0 unspecified atom stereocenters. The van der Waals surface area contributed by atoms with Gasteiger partial charge >= 0.3 is 0 Å². The van der Waals surface area contributed by atoms with Crippen LogP contribution in [0, 0.1) is 13.8 Å². The number of anilines is 1. The lowest BCUT2D eigenvalue weighted by atomic mass is 10.2. The van der Waals surface area contributed by atoms with Crippen LogP contribution >= 0.6 is 0 Å². The Morgan fingerprint density at radius 1 is 1.00 bits per heavy atom. The zero-order chi connectivity index (χ0) is 15.5. The van der Waals surface area contributed by atoms with Gasteiger partial charge in [-0.1, -0.05) is 35.9 Å². The van der Waals surface area contributed by atoms with Crippen molar-refractivity contribution in [2.24, 2.45) is 0 Å². The number of carbonyl (C=O) groups is 1. The third kappa shape index (κ3) is 2.91. The van der Waals surface area contributed by atoms with E-state index < -0.39 is 0 Å². The van der Waals surface area contributed by atoms with Crippen molar-refractivity contribution in [2.45, 2.75) is 13.8 Å². The molecule has 0 spiro atoms. The number of benzene rings is 2. The Labute approximate surface area is 129 Å². The Balaban J connectivity index is 1.83. The summed E-state index contributed by atoms with van der Waals surface area (Å²) in [5.41, 5.74) is 4.18. The van der Waals surface area contributed by atoms with Gasteiger partial charge in [-0.3, -0.25) is 4.79 Å². The Kier molecular flexibility index (Phi) is 3.74. The predicted octanol–water partition coefficient (Wildman–Crippen LogP) is 3.74. The van der Waals surface area contributed by atoms with E-state index in [2.05, 4.69) is 10.4 Å². The smallest absolute Gasteiger partial charge is 0.276 e. The van der Waals surface area contributed by atoms with E-state index in [0.29, 0.717) is 5.69 Å². The average Bonchev–Trinajstić information content (AvgIpc) is 2.92. The molecule has 3 aromatic rings. The summed E-state index contributed by atoms with van der Waals surface area (Å²) in [6, 6.07) is 19.2. The number of carbonyl (C=O) groups excluding carboxylic acids is 1. The number of hydrogen-bond acceptors (Lipinski definition) is 2. The summed E-state index contributed by atoms with van der Waals surface area (Å²) in [6.45, 7) is 3.94. The van der Waals surface area contributed by atoms with Gasteiger partial charge in [-0.15, -0.1) is 0 Å². The molecule has 0 fully saturated rings. The summed E-state index contributed by atoms with van der Waals surface area (Å²) >= 11 is 0. The number of rotatable bonds is 3. The van der Waals surface area contributed by atoms with Crippen LogP contribution in [0.25, 0.3) is 5.69 Å². The molecule has 0 atom stereocenters. The normalized spacial score (nSPS) is 10.5. The molecule has 0 saturated carbocycles. The zero-order valence-corrected chi connectivity index (χ0v) is 12.6. The second-order valence-corrected chi connectivity index (χ2v) is 5.24. The Bertz CT molecular complexity index is 789. The Hall–Kier alpha value is -2.88. The van der Waals surface area contributed by atoms with Gasteiger partial charge < -0.3 is 5.32 Å². The fraction of sp³-hybridized carbons (Fsp3) is 0.111. The Morgan fingerprint density at radius 3 is 2.36 bits per heavy atom. The van der Waals surface area contributed by atoms with Crippen LogP contribution in [0.15, 0.2) is 60.7 Å². The highest BCUT2D eigenvalue weighted by molar-refractivity contribution is 6.02. The van der Waals surface area contributed by atoms with Gasteiger partial charge in [0.1, 0.15) is 0 Å². The number of aryl methyl sites for hydroxylation is 2. The van der Waals surface area contributed by atoms with E-state index in [1.165, 1.54) is 0 Å². The maximum Gasteiger partial charge on any atom is 0.276 e. The highest BCUT2D eigenvalue weighted by Gasteiger charge is 2.13. The van der Waals surface area contributed by atoms with Crippen LogP contribution in [-0.4, -0.2) is 15.7 Å². The van der Waals surface area contributed by atoms with Gasteiger partial charge in [0.25, 0.3) is 5.91 Å². The Morgan fingerprint density at radius 2 is 1.68 bits per heavy atom. The lowest BCUT2D eigenvalue weighted by molar-refractivity contribution is 0.102. The number of para-hydroxylation sites is 1. The zero-order valence-electron chi connectivity index (χ0n) is 12.6. The first-order chi connectivity index (χ1) is 10.6. The number of hydrogen-bond donors (Lipinski definition) is 1. The molecule has 4 nitrogen and oxygen atoms in total. The molecule has 22 heavy (non-hydrogen) atoms. The van der Waals surface area contributed by atoms with Crippen LogP contribution in [0.5, 0.6) is 0 Å². The van der Waals surface area contributed by atoms with E-state index in [4.69, 9.17) is 0 Å². The average molecular weight is 291 g/mol. The van der Waals surface area contributed by atoms with Gasteiger partial charge in [0.15, 0.2) is 5.69 Å². The van der Waals surface area contributed by atoms with Crippen LogP contribution in [0.2, 0.25) is 0 Å².